The van der Waals surface area contributed by atoms with E-state index in [-0.39, 0.29) is 18.0 Å². The van der Waals surface area contributed by atoms with E-state index in [1.165, 1.54) is 5.56 Å². The van der Waals surface area contributed by atoms with Crippen LogP contribution in [-0.4, -0.2) is 29.6 Å². The second-order valence-electron chi connectivity index (χ2n) is 5.84. The molecule has 0 saturated carbocycles. The molecule has 1 aromatic carbocycles. The Kier molecular flexibility index (Phi) is 4.74. The highest BCUT2D eigenvalue weighted by molar-refractivity contribution is 6.02. The summed E-state index contributed by atoms with van der Waals surface area (Å²) in [5.74, 6) is -0.212. The number of nitrogens with zero attached hydrogens (tertiary/aromatic N) is 2. The number of benzene rings is 1. The molecule has 1 aromatic heterocycles. The van der Waals surface area contributed by atoms with Gasteiger partial charge < -0.3 is 15.8 Å². The molecule has 3 N–H and O–H groups in total. The van der Waals surface area contributed by atoms with E-state index in [2.05, 4.69) is 15.3 Å². The fourth-order valence-corrected chi connectivity index (χ4v) is 2.47. The number of nitrogens with two attached hydrogens (primary N) is 1. The quantitative estimate of drug-likeness (QED) is 0.883. The van der Waals surface area contributed by atoms with Crippen molar-refractivity contribution in [3.8, 4) is 0 Å². The van der Waals surface area contributed by atoms with E-state index >= 15 is 0 Å². The van der Waals surface area contributed by atoms with Crippen molar-refractivity contribution in [3.05, 3.63) is 59.4 Å². The number of ether oxygens (including phenoxy) is 1. The lowest BCUT2D eigenvalue weighted by molar-refractivity contribution is 0.102. The minimum atomic E-state index is -0.212. The summed E-state index contributed by atoms with van der Waals surface area (Å²) in [5, 5.41) is 2.85. The zero-order valence-electron chi connectivity index (χ0n) is 13.5. The summed E-state index contributed by atoms with van der Waals surface area (Å²) in [6.07, 6.45) is 3.46. The molecular weight excluding hydrogens is 304 g/mol. The monoisotopic (exact) mass is 324 g/mol. The number of nitrogens with one attached hydrogen (secondary N) is 1. The largest absolute Gasteiger partial charge is 0.463 e. The normalized spacial score (nSPS) is 16.4. The van der Waals surface area contributed by atoms with E-state index in [4.69, 9.17) is 10.5 Å². The van der Waals surface area contributed by atoms with Crippen molar-refractivity contribution in [1.29, 1.82) is 0 Å². The number of hydrogen-bond donors (Lipinski definition) is 2. The summed E-state index contributed by atoms with van der Waals surface area (Å²) < 4.78 is 5.14. The van der Waals surface area contributed by atoms with E-state index in [9.17, 15) is 4.79 Å². The van der Waals surface area contributed by atoms with Crippen LogP contribution < -0.4 is 11.1 Å². The van der Waals surface area contributed by atoms with Gasteiger partial charge in [0.25, 0.3) is 11.9 Å². The maximum absolute atomic E-state index is 12.1. The van der Waals surface area contributed by atoms with Gasteiger partial charge in [-0.05, 0) is 49.1 Å². The van der Waals surface area contributed by atoms with Crippen molar-refractivity contribution in [2.24, 2.45) is 10.7 Å². The zero-order chi connectivity index (χ0) is 16.9. The van der Waals surface area contributed by atoms with Crippen LogP contribution in [0.4, 0.5) is 5.69 Å². The van der Waals surface area contributed by atoms with Crippen molar-refractivity contribution >= 4 is 17.6 Å². The second-order valence-corrected chi connectivity index (χ2v) is 5.84. The molecule has 2 aromatic rings. The Bertz CT molecular complexity index is 739. The van der Waals surface area contributed by atoms with E-state index in [0.29, 0.717) is 12.3 Å². The Morgan fingerprint density at radius 1 is 1.29 bits per heavy atom. The first-order valence-electron chi connectivity index (χ1n) is 7.89. The van der Waals surface area contributed by atoms with Gasteiger partial charge in [-0.3, -0.25) is 9.78 Å². The first kappa shape index (κ1) is 16.0. The third-order valence-electron chi connectivity index (χ3n) is 3.86. The minimum Gasteiger partial charge on any atom is -0.463 e. The van der Waals surface area contributed by atoms with Crippen LogP contribution in [0.25, 0.3) is 0 Å². The topological polar surface area (TPSA) is 89.6 Å². The number of carbonyl (C=O) groups is 1. The van der Waals surface area contributed by atoms with Crippen molar-refractivity contribution in [2.45, 2.75) is 25.8 Å². The smallest absolute Gasteiger partial charge is 0.282 e. The number of aliphatic imine (C=N–C) groups is 1. The maximum Gasteiger partial charge on any atom is 0.282 e. The maximum atomic E-state index is 12.1. The molecule has 0 aliphatic carbocycles. The fraction of sp³-hybridized carbons (Fsp3) is 0.278. The molecule has 0 unspecified atom stereocenters. The third-order valence-corrected chi connectivity index (χ3v) is 3.86. The van der Waals surface area contributed by atoms with Crippen LogP contribution in [0.1, 0.15) is 28.0 Å². The SMILES string of the molecule is Cc1ccc(C(=O)Nc2ccc(CC[C@H]3COC(N)=N3)cc2)nc1. The van der Waals surface area contributed by atoms with Gasteiger partial charge in [0.1, 0.15) is 12.3 Å². The van der Waals surface area contributed by atoms with Crippen LogP contribution >= 0.6 is 0 Å². The van der Waals surface area contributed by atoms with E-state index in [0.717, 1.165) is 24.1 Å². The number of amides is 1. The Balaban J connectivity index is 1.54. The highest BCUT2D eigenvalue weighted by atomic mass is 16.5. The average Bonchev–Trinajstić information content (AvgIpc) is 3.00. The van der Waals surface area contributed by atoms with Gasteiger partial charge in [0.2, 0.25) is 0 Å². The number of amidine groups is 1. The Labute approximate surface area is 140 Å². The lowest BCUT2D eigenvalue weighted by Gasteiger charge is -2.08. The van der Waals surface area contributed by atoms with E-state index in [1.807, 2.05) is 37.3 Å². The number of rotatable bonds is 5. The number of carbonyl (C=O) groups excluding carboxylic acids is 1. The van der Waals surface area contributed by atoms with Gasteiger partial charge in [-0.1, -0.05) is 18.2 Å². The Morgan fingerprint density at radius 2 is 2.08 bits per heavy atom. The van der Waals surface area contributed by atoms with Crippen molar-refractivity contribution < 1.29 is 9.53 Å². The van der Waals surface area contributed by atoms with Crippen molar-refractivity contribution in [3.63, 3.8) is 0 Å². The average molecular weight is 324 g/mol. The molecule has 2 heterocycles. The predicted molar refractivity (Wildman–Crippen MR) is 93.1 cm³/mol. The van der Waals surface area contributed by atoms with Crippen LogP contribution in [0.5, 0.6) is 0 Å². The molecule has 24 heavy (non-hydrogen) atoms. The molecule has 6 heteroatoms. The molecule has 124 valence electrons. The van der Waals surface area contributed by atoms with Crippen LogP contribution in [0.15, 0.2) is 47.6 Å². The molecule has 0 spiro atoms. The van der Waals surface area contributed by atoms with E-state index in [1.54, 1.807) is 12.3 Å². The summed E-state index contributed by atoms with van der Waals surface area (Å²) in [4.78, 5) is 20.5. The molecule has 6 nitrogen and oxygen atoms in total. The molecule has 1 aliphatic heterocycles. The highest BCUT2D eigenvalue weighted by Crippen LogP contribution is 2.15. The first-order valence-corrected chi connectivity index (χ1v) is 7.89. The number of aromatic nitrogens is 1. The van der Waals surface area contributed by atoms with E-state index < -0.39 is 0 Å². The lowest BCUT2D eigenvalue weighted by atomic mass is 10.1. The highest BCUT2D eigenvalue weighted by Gasteiger charge is 2.16. The molecule has 0 saturated heterocycles. The minimum absolute atomic E-state index is 0.136. The van der Waals surface area contributed by atoms with Gasteiger partial charge in [0.15, 0.2) is 0 Å². The Morgan fingerprint density at radius 3 is 2.71 bits per heavy atom. The van der Waals surface area contributed by atoms with Crippen LogP contribution in [0.3, 0.4) is 0 Å². The zero-order valence-corrected chi connectivity index (χ0v) is 13.5. The molecule has 1 atom stereocenters. The Hall–Kier alpha value is -2.89. The molecular formula is C18H20N4O2. The van der Waals surface area contributed by atoms with Gasteiger partial charge in [0.05, 0.1) is 6.04 Å². The number of anilines is 1. The summed E-state index contributed by atoms with van der Waals surface area (Å²) in [5.41, 5.74) is 8.86. The number of aryl methyl sites for hydroxylation is 2. The summed E-state index contributed by atoms with van der Waals surface area (Å²) >= 11 is 0. The molecule has 1 amide bonds. The number of pyridine rings is 1. The van der Waals surface area contributed by atoms with Crippen LogP contribution in [0, 0.1) is 6.92 Å². The summed E-state index contributed by atoms with van der Waals surface area (Å²) in [7, 11) is 0. The van der Waals surface area contributed by atoms with Gasteiger partial charge in [-0.2, -0.15) is 0 Å². The summed E-state index contributed by atoms with van der Waals surface area (Å²) in [6.45, 7) is 2.49. The van der Waals surface area contributed by atoms with Crippen LogP contribution in [-0.2, 0) is 11.2 Å². The molecule has 0 bridgehead atoms. The molecule has 1 aliphatic rings. The fourth-order valence-electron chi connectivity index (χ4n) is 2.47. The van der Waals surface area contributed by atoms with Gasteiger partial charge in [0, 0.05) is 11.9 Å². The van der Waals surface area contributed by atoms with Crippen molar-refractivity contribution in [1.82, 2.24) is 4.98 Å². The standard InChI is InChI=1S/C18H20N4O2/c1-12-2-9-16(20-10-12)17(23)21-14-6-3-13(4-7-14)5-8-15-11-24-18(19)22-15/h2-4,6-7,9-10,15H,5,8,11H2,1H3,(H2,19,22)(H,21,23)/t15-/m0/s1. The predicted octanol–water partition coefficient (Wildman–Crippen LogP) is 2.29. The molecule has 3 rings (SSSR count). The van der Waals surface area contributed by atoms with Crippen LogP contribution in [0.2, 0.25) is 0 Å². The second kappa shape index (κ2) is 7.12. The van der Waals surface area contributed by atoms with Crippen molar-refractivity contribution in [2.75, 3.05) is 11.9 Å². The molecule has 0 radical (unpaired) electrons. The van der Waals surface area contributed by atoms with Gasteiger partial charge in [-0.25, -0.2) is 4.99 Å². The molecule has 0 fully saturated rings. The van der Waals surface area contributed by atoms with Gasteiger partial charge >= 0.3 is 0 Å². The van der Waals surface area contributed by atoms with Gasteiger partial charge in [-0.15, -0.1) is 0 Å². The number of hydrogen-bond acceptors (Lipinski definition) is 5. The lowest BCUT2D eigenvalue weighted by Crippen LogP contribution is -2.13. The third kappa shape index (κ3) is 4.10. The first-order chi connectivity index (χ1) is 11.6. The summed E-state index contributed by atoms with van der Waals surface area (Å²) in [6, 6.07) is 11.8.